The van der Waals surface area contributed by atoms with E-state index in [4.69, 9.17) is 0 Å². The number of carbonyl (C=O) groups excluding carboxylic acids is 1. The SMILES string of the molecule is C=C(C)C(=O)C1(O)CCNCC1. The largest absolute Gasteiger partial charge is 0.382 e. The minimum atomic E-state index is -1.14. The Morgan fingerprint density at radius 2 is 2.00 bits per heavy atom. The highest BCUT2D eigenvalue weighted by atomic mass is 16.3. The van der Waals surface area contributed by atoms with E-state index in [-0.39, 0.29) is 5.78 Å². The van der Waals surface area contributed by atoms with Crippen molar-refractivity contribution in [1.82, 2.24) is 5.32 Å². The van der Waals surface area contributed by atoms with Crippen LogP contribution in [-0.2, 0) is 4.79 Å². The average molecular weight is 169 g/mol. The van der Waals surface area contributed by atoms with Crippen molar-refractivity contribution in [1.29, 1.82) is 0 Å². The van der Waals surface area contributed by atoms with Crippen LogP contribution >= 0.6 is 0 Å². The van der Waals surface area contributed by atoms with Crippen LogP contribution in [0.5, 0.6) is 0 Å². The molecule has 1 aliphatic heterocycles. The van der Waals surface area contributed by atoms with E-state index in [1.807, 2.05) is 0 Å². The summed E-state index contributed by atoms with van der Waals surface area (Å²) >= 11 is 0. The second-order valence-corrected chi connectivity index (χ2v) is 3.39. The van der Waals surface area contributed by atoms with Gasteiger partial charge in [-0.25, -0.2) is 0 Å². The standard InChI is InChI=1S/C9H15NO2/c1-7(2)8(11)9(12)3-5-10-6-4-9/h10,12H,1,3-6H2,2H3. The van der Waals surface area contributed by atoms with E-state index >= 15 is 0 Å². The van der Waals surface area contributed by atoms with Crippen LogP contribution in [0.1, 0.15) is 19.8 Å². The van der Waals surface area contributed by atoms with Gasteiger partial charge in [0.15, 0.2) is 5.78 Å². The summed E-state index contributed by atoms with van der Waals surface area (Å²) in [5.41, 5.74) is -0.698. The Labute approximate surface area is 72.5 Å². The smallest absolute Gasteiger partial charge is 0.189 e. The van der Waals surface area contributed by atoms with Gasteiger partial charge in [-0.05, 0) is 38.4 Å². The summed E-state index contributed by atoms with van der Waals surface area (Å²) < 4.78 is 0. The van der Waals surface area contributed by atoms with Gasteiger partial charge >= 0.3 is 0 Å². The Hall–Kier alpha value is -0.670. The summed E-state index contributed by atoms with van der Waals surface area (Å²) in [5, 5.41) is 13.0. The Morgan fingerprint density at radius 3 is 2.42 bits per heavy atom. The van der Waals surface area contributed by atoms with Gasteiger partial charge in [-0.1, -0.05) is 6.58 Å². The van der Waals surface area contributed by atoms with Crippen LogP contribution in [0.4, 0.5) is 0 Å². The number of hydrogen-bond acceptors (Lipinski definition) is 3. The van der Waals surface area contributed by atoms with E-state index in [1.165, 1.54) is 0 Å². The molecule has 1 rings (SSSR count). The molecule has 0 unspecified atom stereocenters. The predicted octanol–water partition coefficient (Wildman–Crippen LogP) is 0.246. The number of ketones is 1. The van der Waals surface area contributed by atoms with Crippen molar-refractivity contribution in [3.8, 4) is 0 Å². The number of carbonyl (C=O) groups is 1. The molecule has 0 spiro atoms. The van der Waals surface area contributed by atoms with Crippen molar-refractivity contribution in [2.24, 2.45) is 0 Å². The molecule has 12 heavy (non-hydrogen) atoms. The van der Waals surface area contributed by atoms with Crippen molar-refractivity contribution < 1.29 is 9.90 Å². The number of Topliss-reactive ketones (excluding diaryl/α,β-unsaturated/α-hetero) is 1. The van der Waals surface area contributed by atoms with Gasteiger partial charge in [-0.3, -0.25) is 4.79 Å². The minimum Gasteiger partial charge on any atom is -0.382 e. The lowest BCUT2D eigenvalue weighted by atomic mass is 9.85. The number of rotatable bonds is 2. The zero-order valence-electron chi connectivity index (χ0n) is 7.39. The highest BCUT2D eigenvalue weighted by molar-refractivity contribution is 6.00. The molecule has 68 valence electrons. The lowest BCUT2D eigenvalue weighted by Crippen LogP contribution is -2.48. The van der Waals surface area contributed by atoms with Crippen LogP contribution in [-0.4, -0.2) is 29.6 Å². The molecule has 0 aliphatic carbocycles. The fourth-order valence-electron chi connectivity index (χ4n) is 1.46. The summed E-state index contributed by atoms with van der Waals surface area (Å²) in [5.74, 6) is -0.205. The van der Waals surface area contributed by atoms with E-state index in [2.05, 4.69) is 11.9 Å². The van der Waals surface area contributed by atoms with Crippen LogP contribution < -0.4 is 5.32 Å². The molecular weight excluding hydrogens is 154 g/mol. The zero-order chi connectivity index (χ0) is 9.19. The van der Waals surface area contributed by atoms with Crippen molar-refractivity contribution in [3.05, 3.63) is 12.2 Å². The number of aliphatic hydroxyl groups is 1. The molecule has 1 aliphatic rings. The van der Waals surface area contributed by atoms with E-state index in [1.54, 1.807) is 6.92 Å². The average Bonchev–Trinajstić information content (AvgIpc) is 2.04. The van der Waals surface area contributed by atoms with Gasteiger partial charge in [0, 0.05) is 0 Å². The van der Waals surface area contributed by atoms with Gasteiger partial charge in [-0.15, -0.1) is 0 Å². The Kier molecular flexibility index (Phi) is 2.65. The number of nitrogens with one attached hydrogen (secondary N) is 1. The van der Waals surface area contributed by atoms with Gasteiger partial charge in [0.1, 0.15) is 5.60 Å². The lowest BCUT2D eigenvalue weighted by Gasteiger charge is -2.31. The molecule has 0 aromatic heterocycles. The molecule has 3 nitrogen and oxygen atoms in total. The van der Waals surface area contributed by atoms with Crippen LogP contribution in [0.2, 0.25) is 0 Å². The molecule has 0 radical (unpaired) electrons. The van der Waals surface area contributed by atoms with E-state index in [0.29, 0.717) is 31.5 Å². The first-order valence-corrected chi connectivity index (χ1v) is 4.20. The first kappa shape index (κ1) is 9.42. The molecule has 1 saturated heterocycles. The predicted molar refractivity (Wildman–Crippen MR) is 46.9 cm³/mol. The van der Waals surface area contributed by atoms with E-state index in [9.17, 15) is 9.90 Å². The van der Waals surface area contributed by atoms with E-state index in [0.717, 1.165) is 0 Å². The Balaban J connectivity index is 2.69. The molecule has 1 fully saturated rings. The lowest BCUT2D eigenvalue weighted by molar-refractivity contribution is -0.135. The maximum atomic E-state index is 11.4. The fourth-order valence-corrected chi connectivity index (χ4v) is 1.46. The normalized spacial score (nSPS) is 21.8. The molecule has 0 aromatic carbocycles. The third-order valence-corrected chi connectivity index (χ3v) is 2.24. The molecule has 3 heteroatoms. The van der Waals surface area contributed by atoms with Crippen molar-refractivity contribution in [2.45, 2.75) is 25.4 Å². The molecule has 0 amide bonds. The van der Waals surface area contributed by atoms with Crippen molar-refractivity contribution in [2.75, 3.05) is 13.1 Å². The summed E-state index contributed by atoms with van der Waals surface area (Å²) in [6, 6.07) is 0. The molecule has 0 aromatic rings. The molecule has 0 saturated carbocycles. The summed E-state index contributed by atoms with van der Waals surface area (Å²) in [7, 11) is 0. The Morgan fingerprint density at radius 1 is 1.50 bits per heavy atom. The minimum absolute atomic E-state index is 0.205. The van der Waals surface area contributed by atoms with Gasteiger partial charge in [0.25, 0.3) is 0 Å². The van der Waals surface area contributed by atoms with Gasteiger partial charge in [-0.2, -0.15) is 0 Å². The Bertz CT molecular complexity index is 205. The highest BCUT2D eigenvalue weighted by Gasteiger charge is 2.36. The third-order valence-electron chi connectivity index (χ3n) is 2.24. The summed E-state index contributed by atoms with van der Waals surface area (Å²) in [6.07, 6.45) is 0.997. The first-order valence-electron chi connectivity index (χ1n) is 4.20. The molecular formula is C9H15NO2. The number of hydrogen-bond donors (Lipinski definition) is 2. The molecule has 2 N–H and O–H groups in total. The molecule has 1 heterocycles. The fraction of sp³-hybridized carbons (Fsp3) is 0.667. The topological polar surface area (TPSA) is 49.3 Å². The second kappa shape index (κ2) is 3.37. The highest BCUT2D eigenvalue weighted by Crippen LogP contribution is 2.21. The zero-order valence-corrected chi connectivity index (χ0v) is 7.39. The van der Waals surface area contributed by atoms with Crippen LogP contribution in [0.15, 0.2) is 12.2 Å². The van der Waals surface area contributed by atoms with Crippen molar-refractivity contribution in [3.63, 3.8) is 0 Å². The monoisotopic (exact) mass is 169 g/mol. The maximum absolute atomic E-state index is 11.4. The van der Waals surface area contributed by atoms with Gasteiger partial charge in [0.05, 0.1) is 0 Å². The van der Waals surface area contributed by atoms with Crippen LogP contribution in [0, 0.1) is 0 Å². The molecule has 0 bridgehead atoms. The van der Waals surface area contributed by atoms with Crippen LogP contribution in [0.25, 0.3) is 0 Å². The first-order chi connectivity index (χ1) is 5.56. The second-order valence-electron chi connectivity index (χ2n) is 3.39. The summed E-state index contributed by atoms with van der Waals surface area (Å²) in [4.78, 5) is 11.4. The third kappa shape index (κ3) is 1.73. The van der Waals surface area contributed by atoms with Crippen LogP contribution in [0.3, 0.4) is 0 Å². The van der Waals surface area contributed by atoms with Crippen molar-refractivity contribution >= 4 is 5.78 Å². The van der Waals surface area contributed by atoms with E-state index < -0.39 is 5.60 Å². The maximum Gasteiger partial charge on any atom is 0.189 e. The van der Waals surface area contributed by atoms with Gasteiger partial charge in [0.2, 0.25) is 0 Å². The quantitative estimate of drug-likeness (QED) is 0.582. The molecule has 0 atom stereocenters. The number of piperidine rings is 1. The summed E-state index contributed by atoms with van der Waals surface area (Å²) in [6.45, 7) is 6.59. The van der Waals surface area contributed by atoms with Gasteiger partial charge < -0.3 is 10.4 Å².